The number of nitrogens with two attached hydrogens (primary N) is 1. The molecule has 2 aromatic rings. The molecule has 0 unspecified atom stereocenters. The van der Waals surface area contributed by atoms with Gasteiger partial charge in [0.15, 0.2) is 0 Å². The van der Waals surface area contributed by atoms with Gasteiger partial charge in [-0.2, -0.15) is 0 Å². The van der Waals surface area contributed by atoms with Gasteiger partial charge < -0.3 is 15.8 Å². The molecular weight excluding hydrogens is 311 g/mol. The van der Waals surface area contributed by atoms with Crippen molar-refractivity contribution >= 4 is 40.5 Å². The van der Waals surface area contributed by atoms with Crippen LogP contribution in [0, 0.1) is 0 Å². The number of nitrogen functional groups attached to an aromatic ring is 1. The Kier molecular flexibility index (Phi) is 5.44. The zero-order valence-electron chi connectivity index (χ0n) is 11.1. The molecule has 6 heteroatoms. The van der Waals surface area contributed by atoms with Crippen molar-refractivity contribution in [3.8, 4) is 0 Å². The molecule has 0 spiro atoms. The summed E-state index contributed by atoms with van der Waals surface area (Å²) < 4.78 is 5.33. The first-order valence-electron chi connectivity index (χ1n) is 6.21. The molecule has 110 valence electrons. The summed E-state index contributed by atoms with van der Waals surface area (Å²) in [5.41, 5.74) is 7.53. The second-order valence-electron chi connectivity index (χ2n) is 4.41. The monoisotopic (exact) mass is 324 g/mol. The van der Waals surface area contributed by atoms with E-state index >= 15 is 0 Å². The standard InChI is InChI=1S/C15H14Cl2N2O2/c16-11-3-1-2-10(6-11)8-21-9-15(20)19-14-7-12(18)4-5-13(14)17/h1-7H,8-9,18H2,(H,19,20). The van der Waals surface area contributed by atoms with Gasteiger partial charge in [-0.3, -0.25) is 4.79 Å². The van der Waals surface area contributed by atoms with Crippen LogP contribution in [0.1, 0.15) is 5.56 Å². The number of nitrogens with one attached hydrogen (secondary N) is 1. The van der Waals surface area contributed by atoms with Gasteiger partial charge in [0, 0.05) is 10.7 Å². The molecule has 1 amide bonds. The number of carbonyl (C=O) groups is 1. The first-order valence-corrected chi connectivity index (χ1v) is 6.97. The van der Waals surface area contributed by atoms with Crippen molar-refractivity contribution in [2.45, 2.75) is 6.61 Å². The minimum Gasteiger partial charge on any atom is -0.399 e. The second-order valence-corrected chi connectivity index (χ2v) is 5.25. The number of halogens is 2. The lowest BCUT2D eigenvalue weighted by Crippen LogP contribution is -2.18. The first-order chi connectivity index (χ1) is 10.0. The highest BCUT2D eigenvalue weighted by Gasteiger charge is 2.06. The summed E-state index contributed by atoms with van der Waals surface area (Å²) in [6.07, 6.45) is 0. The third-order valence-corrected chi connectivity index (χ3v) is 3.22. The van der Waals surface area contributed by atoms with Crippen molar-refractivity contribution in [3.05, 3.63) is 58.1 Å². The lowest BCUT2D eigenvalue weighted by Gasteiger charge is -2.09. The van der Waals surface area contributed by atoms with Crippen LogP contribution in [-0.4, -0.2) is 12.5 Å². The Hall–Kier alpha value is -1.75. The van der Waals surface area contributed by atoms with Crippen molar-refractivity contribution in [3.63, 3.8) is 0 Å². The number of hydrogen-bond donors (Lipinski definition) is 2. The fourth-order valence-electron chi connectivity index (χ4n) is 1.71. The van der Waals surface area contributed by atoms with Crippen LogP contribution in [0.3, 0.4) is 0 Å². The van der Waals surface area contributed by atoms with E-state index in [9.17, 15) is 4.79 Å². The van der Waals surface area contributed by atoms with Crippen molar-refractivity contribution < 1.29 is 9.53 Å². The molecule has 0 atom stereocenters. The zero-order chi connectivity index (χ0) is 15.2. The molecule has 0 aliphatic carbocycles. The van der Waals surface area contributed by atoms with Crippen LogP contribution in [0.2, 0.25) is 10.0 Å². The summed E-state index contributed by atoms with van der Waals surface area (Å²) in [5, 5.41) is 3.70. The number of carbonyl (C=O) groups excluding carboxylic acids is 1. The van der Waals surface area contributed by atoms with Crippen LogP contribution in [0.4, 0.5) is 11.4 Å². The van der Waals surface area contributed by atoms with E-state index in [1.807, 2.05) is 12.1 Å². The molecule has 2 rings (SSSR count). The quantitative estimate of drug-likeness (QED) is 0.823. The molecule has 0 bridgehead atoms. The predicted octanol–water partition coefficient (Wildman–Crippen LogP) is 3.73. The number of hydrogen-bond acceptors (Lipinski definition) is 3. The molecule has 0 fully saturated rings. The lowest BCUT2D eigenvalue weighted by molar-refractivity contribution is -0.121. The summed E-state index contributed by atoms with van der Waals surface area (Å²) in [7, 11) is 0. The van der Waals surface area contributed by atoms with Crippen LogP contribution in [0.25, 0.3) is 0 Å². The Morgan fingerprint density at radius 3 is 2.76 bits per heavy atom. The fourth-order valence-corrected chi connectivity index (χ4v) is 2.09. The third kappa shape index (κ3) is 4.93. The molecule has 0 aliphatic heterocycles. The zero-order valence-corrected chi connectivity index (χ0v) is 12.6. The van der Waals surface area contributed by atoms with E-state index < -0.39 is 0 Å². The summed E-state index contributed by atoms with van der Waals surface area (Å²) in [5.74, 6) is -0.301. The highest BCUT2D eigenvalue weighted by atomic mass is 35.5. The van der Waals surface area contributed by atoms with Crippen LogP contribution in [0.5, 0.6) is 0 Å². The van der Waals surface area contributed by atoms with Gasteiger partial charge in [-0.05, 0) is 35.9 Å². The first kappa shape index (κ1) is 15.6. The summed E-state index contributed by atoms with van der Waals surface area (Å²) >= 11 is 11.8. The number of amides is 1. The fraction of sp³-hybridized carbons (Fsp3) is 0.133. The van der Waals surface area contributed by atoms with Gasteiger partial charge >= 0.3 is 0 Å². The molecule has 21 heavy (non-hydrogen) atoms. The Morgan fingerprint density at radius 2 is 2.00 bits per heavy atom. The predicted molar refractivity (Wildman–Crippen MR) is 85.6 cm³/mol. The topological polar surface area (TPSA) is 64.3 Å². The second kappa shape index (κ2) is 7.31. The van der Waals surface area contributed by atoms with E-state index in [0.29, 0.717) is 28.0 Å². The molecule has 3 N–H and O–H groups in total. The van der Waals surface area contributed by atoms with Gasteiger partial charge in [-0.15, -0.1) is 0 Å². The van der Waals surface area contributed by atoms with Crippen LogP contribution < -0.4 is 11.1 Å². The van der Waals surface area contributed by atoms with Crippen molar-refractivity contribution in [2.75, 3.05) is 17.7 Å². The normalized spacial score (nSPS) is 10.4. The van der Waals surface area contributed by atoms with Gasteiger partial charge in [-0.25, -0.2) is 0 Å². The van der Waals surface area contributed by atoms with E-state index in [1.54, 1.807) is 30.3 Å². The average Bonchev–Trinajstić information content (AvgIpc) is 2.43. The maximum atomic E-state index is 11.8. The molecule has 0 aromatic heterocycles. The Bertz CT molecular complexity index is 647. The number of benzene rings is 2. The molecule has 2 aromatic carbocycles. The molecule has 4 nitrogen and oxygen atoms in total. The van der Waals surface area contributed by atoms with Gasteiger partial charge in [0.05, 0.1) is 17.3 Å². The van der Waals surface area contributed by atoms with E-state index in [0.717, 1.165) is 5.56 Å². The molecule has 0 saturated heterocycles. The molecule has 0 saturated carbocycles. The highest BCUT2D eigenvalue weighted by molar-refractivity contribution is 6.33. The molecule has 0 aliphatic rings. The minimum absolute atomic E-state index is 0.0857. The van der Waals surface area contributed by atoms with Gasteiger partial charge in [0.2, 0.25) is 5.91 Å². The Morgan fingerprint density at radius 1 is 1.19 bits per heavy atom. The summed E-state index contributed by atoms with van der Waals surface area (Å²) in [6.45, 7) is 0.219. The van der Waals surface area contributed by atoms with Crippen LogP contribution >= 0.6 is 23.2 Å². The Balaban J connectivity index is 1.84. The molecular formula is C15H14Cl2N2O2. The summed E-state index contributed by atoms with van der Waals surface area (Å²) in [6, 6.07) is 12.1. The largest absolute Gasteiger partial charge is 0.399 e. The summed E-state index contributed by atoms with van der Waals surface area (Å²) in [4.78, 5) is 11.8. The third-order valence-electron chi connectivity index (χ3n) is 2.66. The maximum absolute atomic E-state index is 11.8. The number of anilines is 2. The van der Waals surface area contributed by atoms with E-state index in [4.69, 9.17) is 33.7 Å². The Labute approximate surface area is 132 Å². The SMILES string of the molecule is Nc1ccc(Cl)c(NC(=O)COCc2cccc(Cl)c2)c1. The number of ether oxygens (including phenoxy) is 1. The highest BCUT2D eigenvalue weighted by Crippen LogP contribution is 2.23. The van der Waals surface area contributed by atoms with Crippen molar-refractivity contribution in [2.24, 2.45) is 0 Å². The van der Waals surface area contributed by atoms with E-state index in [-0.39, 0.29) is 12.5 Å². The molecule has 0 radical (unpaired) electrons. The maximum Gasteiger partial charge on any atom is 0.250 e. The van der Waals surface area contributed by atoms with Crippen molar-refractivity contribution in [1.29, 1.82) is 0 Å². The number of rotatable bonds is 5. The van der Waals surface area contributed by atoms with Crippen LogP contribution in [-0.2, 0) is 16.1 Å². The molecule has 0 heterocycles. The minimum atomic E-state index is -0.301. The van der Waals surface area contributed by atoms with Gasteiger partial charge in [0.25, 0.3) is 0 Å². The lowest BCUT2D eigenvalue weighted by atomic mass is 10.2. The van der Waals surface area contributed by atoms with Crippen LogP contribution in [0.15, 0.2) is 42.5 Å². The van der Waals surface area contributed by atoms with E-state index in [2.05, 4.69) is 5.32 Å². The average molecular weight is 325 g/mol. The van der Waals surface area contributed by atoms with Gasteiger partial charge in [0.1, 0.15) is 6.61 Å². The van der Waals surface area contributed by atoms with Gasteiger partial charge in [-0.1, -0.05) is 35.3 Å². The van der Waals surface area contributed by atoms with Crippen molar-refractivity contribution in [1.82, 2.24) is 0 Å². The van der Waals surface area contributed by atoms with E-state index in [1.165, 1.54) is 0 Å². The smallest absolute Gasteiger partial charge is 0.250 e.